The van der Waals surface area contributed by atoms with Gasteiger partial charge in [-0.2, -0.15) is 0 Å². The van der Waals surface area contributed by atoms with E-state index < -0.39 is 0 Å². The number of methoxy groups -OCH3 is 1. The molecule has 3 heteroatoms. The first-order chi connectivity index (χ1) is 8.81. The Hall–Kier alpha value is -1.06. The van der Waals surface area contributed by atoms with E-state index in [9.17, 15) is 0 Å². The van der Waals surface area contributed by atoms with Crippen molar-refractivity contribution in [2.24, 2.45) is 0 Å². The molecule has 1 atom stereocenters. The second-order valence-electron chi connectivity index (χ2n) is 4.87. The van der Waals surface area contributed by atoms with Gasteiger partial charge in [0, 0.05) is 12.6 Å². The molecule has 18 heavy (non-hydrogen) atoms. The van der Waals surface area contributed by atoms with Gasteiger partial charge in [0.15, 0.2) is 0 Å². The summed E-state index contributed by atoms with van der Waals surface area (Å²) in [5.41, 5.74) is 1.20. The molecule has 1 aromatic rings. The Bertz CT molecular complexity index is 346. The number of hydrogen-bond donors (Lipinski definition) is 1. The summed E-state index contributed by atoms with van der Waals surface area (Å²) in [6.07, 6.45) is 4.02. The maximum atomic E-state index is 5.93. The molecule has 100 valence electrons. The zero-order valence-corrected chi connectivity index (χ0v) is 11.3. The lowest BCUT2D eigenvalue weighted by molar-refractivity contribution is 0.0382. The van der Waals surface area contributed by atoms with E-state index in [0.717, 1.165) is 24.8 Å². The predicted molar refractivity (Wildman–Crippen MR) is 72.9 cm³/mol. The molecule has 1 N–H and O–H groups in total. The molecule has 0 aromatic heterocycles. The van der Waals surface area contributed by atoms with Gasteiger partial charge >= 0.3 is 0 Å². The van der Waals surface area contributed by atoms with Crippen LogP contribution >= 0.6 is 0 Å². The van der Waals surface area contributed by atoms with E-state index in [-0.39, 0.29) is 0 Å². The van der Waals surface area contributed by atoms with Gasteiger partial charge in [0.25, 0.3) is 0 Å². The predicted octanol–water partition coefficient (Wildman–Crippen LogP) is 2.74. The first-order valence-electron chi connectivity index (χ1n) is 6.79. The van der Waals surface area contributed by atoms with Gasteiger partial charge in [-0.25, -0.2) is 0 Å². The van der Waals surface area contributed by atoms with Gasteiger partial charge < -0.3 is 14.8 Å². The van der Waals surface area contributed by atoms with Crippen LogP contribution < -0.4 is 10.1 Å². The Morgan fingerprint density at radius 1 is 1.28 bits per heavy atom. The highest BCUT2D eigenvalue weighted by atomic mass is 16.5. The van der Waals surface area contributed by atoms with Crippen LogP contribution in [-0.2, 0) is 11.3 Å². The third-order valence-electron chi connectivity index (χ3n) is 3.31. The molecule has 0 aliphatic heterocycles. The van der Waals surface area contributed by atoms with Crippen LogP contribution in [0.15, 0.2) is 24.3 Å². The van der Waals surface area contributed by atoms with Crippen LogP contribution in [0.5, 0.6) is 5.75 Å². The molecule has 1 aliphatic rings. The quantitative estimate of drug-likeness (QED) is 0.768. The van der Waals surface area contributed by atoms with Gasteiger partial charge in [0.2, 0.25) is 0 Å². The fraction of sp³-hybridized carbons (Fsp3) is 0.600. The van der Waals surface area contributed by atoms with E-state index in [0.29, 0.717) is 12.7 Å². The van der Waals surface area contributed by atoms with Crippen molar-refractivity contribution in [2.75, 3.05) is 13.7 Å². The molecule has 1 saturated carbocycles. The fourth-order valence-electron chi connectivity index (χ4n) is 1.84. The number of rotatable bonds is 8. The topological polar surface area (TPSA) is 30.5 Å². The minimum Gasteiger partial charge on any atom is -0.497 e. The Kier molecular flexibility index (Phi) is 5.02. The van der Waals surface area contributed by atoms with Crippen LogP contribution in [-0.4, -0.2) is 25.8 Å². The summed E-state index contributed by atoms with van der Waals surface area (Å²) in [6.45, 7) is 3.82. The zero-order valence-electron chi connectivity index (χ0n) is 11.3. The van der Waals surface area contributed by atoms with Crippen molar-refractivity contribution < 1.29 is 9.47 Å². The molecule has 1 unspecified atom stereocenters. The molecule has 1 aromatic carbocycles. The first-order valence-corrected chi connectivity index (χ1v) is 6.79. The third kappa shape index (κ3) is 4.31. The summed E-state index contributed by atoms with van der Waals surface area (Å²) in [6, 6.07) is 8.81. The third-order valence-corrected chi connectivity index (χ3v) is 3.31. The van der Waals surface area contributed by atoms with Crippen LogP contribution in [0, 0.1) is 0 Å². The molecular formula is C15H23NO2. The summed E-state index contributed by atoms with van der Waals surface area (Å²) >= 11 is 0. The standard InChI is InChI=1S/C15H23NO2/c1-3-14(10-16-13-6-7-13)18-11-12-4-8-15(17-2)9-5-12/h4-5,8-9,13-14,16H,3,6-7,10-11H2,1-2H3. The summed E-state index contributed by atoms with van der Waals surface area (Å²) < 4.78 is 11.1. The van der Waals surface area contributed by atoms with Crippen molar-refractivity contribution in [3.8, 4) is 5.75 Å². The van der Waals surface area contributed by atoms with Crippen molar-refractivity contribution in [2.45, 2.75) is 44.9 Å². The average molecular weight is 249 g/mol. The second kappa shape index (κ2) is 6.76. The molecule has 3 nitrogen and oxygen atoms in total. The SMILES string of the molecule is CCC(CNC1CC1)OCc1ccc(OC)cc1. The van der Waals surface area contributed by atoms with Crippen molar-refractivity contribution in [3.63, 3.8) is 0 Å². The van der Waals surface area contributed by atoms with Crippen LogP contribution in [0.2, 0.25) is 0 Å². The highest BCUT2D eigenvalue weighted by molar-refractivity contribution is 5.26. The van der Waals surface area contributed by atoms with Crippen molar-refractivity contribution in [3.05, 3.63) is 29.8 Å². The summed E-state index contributed by atoms with van der Waals surface area (Å²) in [4.78, 5) is 0. The van der Waals surface area contributed by atoms with Gasteiger partial charge in [0.1, 0.15) is 5.75 Å². The largest absolute Gasteiger partial charge is 0.497 e. The van der Waals surface area contributed by atoms with Gasteiger partial charge in [-0.3, -0.25) is 0 Å². The Balaban J connectivity index is 1.73. The van der Waals surface area contributed by atoms with Gasteiger partial charge in [-0.05, 0) is 37.0 Å². The van der Waals surface area contributed by atoms with Crippen LogP contribution in [0.3, 0.4) is 0 Å². The number of benzene rings is 1. The average Bonchev–Trinajstić information content (AvgIpc) is 3.24. The molecule has 1 aliphatic carbocycles. The van der Waals surface area contributed by atoms with E-state index in [1.54, 1.807) is 7.11 Å². The maximum Gasteiger partial charge on any atom is 0.118 e. The molecular weight excluding hydrogens is 226 g/mol. The lowest BCUT2D eigenvalue weighted by Crippen LogP contribution is -2.30. The van der Waals surface area contributed by atoms with E-state index >= 15 is 0 Å². The second-order valence-corrected chi connectivity index (χ2v) is 4.87. The lowest BCUT2D eigenvalue weighted by Gasteiger charge is -2.17. The number of ether oxygens (including phenoxy) is 2. The summed E-state index contributed by atoms with van der Waals surface area (Å²) in [5.74, 6) is 0.890. The van der Waals surface area contributed by atoms with Gasteiger partial charge in [-0.15, -0.1) is 0 Å². The molecule has 0 heterocycles. The maximum absolute atomic E-state index is 5.93. The van der Waals surface area contributed by atoms with Crippen LogP contribution in [0.25, 0.3) is 0 Å². The van der Waals surface area contributed by atoms with Crippen LogP contribution in [0.4, 0.5) is 0 Å². The van der Waals surface area contributed by atoms with E-state index in [1.807, 2.05) is 12.1 Å². The normalized spacial score (nSPS) is 16.6. The Morgan fingerprint density at radius 2 is 2.00 bits per heavy atom. The minimum absolute atomic E-state index is 0.313. The van der Waals surface area contributed by atoms with E-state index in [1.165, 1.54) is 18.4 Å². The Labute approximate surface area is 109 Å². The molecule has 1 fully saturated rings. The van der Waals surface area contributed by atoms with Crippen molar-refractivity contribution in [1.29, 1.82) is 0 Å². The van der Waals surface area contributed by atoms with E-state index in [4.69, 9.17) is 9.47 Å². The van der Waals surface area contributed by atoms with Crippen molar-refractivity contribution >= 4 is 0 Å². The zero-order chi connectivity index (χ0) is 12.8. The number of nitrogens with one attached hydrogen (secondary N) is 1. The molecule has 2 rings (SSSR count). The lowest BCUT2D eigenvalue weighted by atomic mass is 10.2. The number of hydrogen-bond acceptors (Lipinski definition) is 3. The molecule has 0 bridgehead atoms. The summed E-state index contributed by atoms with van der Waals surface area (Å²) in [7, 11) is 1.68. The fourth-order valence-corrected chi connectivity index (χ4v) is 1.84. The van der Waals surface area contributed by atoms with Crippen LogP contribution in [0.1, 0.15) is 31.7 Å². The highest BCUT2D eigenvalue weighted by Gasteiger charge is 2.21. The Morgan fingerprint density at radius 3 is 2.56 bits per heavy atom. The molecule has 0 saturated heterocycles. The van der Waals surface area contributed by atoms with Crippen molar-refractivity contribution in [1.82, 2.24) is 5.32 Å². The summed E-state index contributed by atoms with van der Waals surface area (Å²) in [5, 5.41) is 3.52. The van der Waals surface area contributed by atoms with Gasteiger partial charge in [0.05, 0.1) is 19.8 Å². The minimum atomic E-state index is 0.313. The first kappa shape index (κ1) is 13.4. The molecule has 0 spiro atoms. The molecule has 0 radical (unpaired) electrons. The smallest absolute Gasteiger partial charge is 0.118 e. The van der Waals surface area contributed by atoms with Gasteiger partial charge in [-0.1, -0.05) is 19.1 Å². The highest BCUT2D eigenvalue weighted by Crippen LogP contribution is 2.19. The molecule has 0 amide bonds. The van der Waals surface area contributed by atoms with E-state index in [2.05, 4.69) is 24.4 Å². The monoisotopic (exact) mass is 249 g/mol.